The van der Waals surface area contributed by atoms with Gasteiger partial charge in [-0.1, -0.05) is 20.8 Å². The molecule has 0 aromatic heterocycles. The molecule has 3 unspecified atom stereocenters. The Balaban J connectivity index is 1.97. The molecule has 0 aromatic carbocycles. The van der Waals surface area contributed by atoms with Gasteiger partial charge >= 0.3 is 12.0 Å². The topological polar surface area (TPSA) is 89.9 Å². The first kappa shape index (κ1) is 15.1. The van der Waals surface area contributed by atoms with Gasteiger partial charge in [0.05, 0.1) is 6.10 Å². The minimum absolute atomic E-state index is 0.152. The van der Waals surface area contributed by atoms with Crippen LogP contribution in [0.1, 0.15) is 33.6 Å². The Kier molecular flexibility index (Phi) is 3.95. The monoisotopic (exact) mass is 284 g/mol. The predicted molar refractivity (Wildman–Crippen MR) is 73.2 cm³/mol. The van der Waals surface area contributed by atoms with Crippen molar-refractivity contribution >= 4 is 12.0 Å². The number of aliphatic hydroxyl groups is 1. The number of carboxylic acid groups (broad SMARTS) is 1. The van der Waals surface area contributed by atoms with E-state index >= 15 is 0 Å². The Hall–Kier alpha value is -1.30. The molecular formula is C14H24N2O4. The molecule has 2 aliphatic rings. The van der Waals surface area contributed by atoms with E-state index in [2.05, 4.69) is 5.32 Å². The summed E-state index contributed by atoms with van der Waals surface area (Å²) >= 11 is 0. The molecule has 2 fully saturated rings. The van der Waals surface area contributed by atoms with E-state index in [1.807, 2.05) is 0 Å². The third-order valence-corrected chi connectivity index (χ3v) is 4.49. The van der Waals surface area contributed by atoms with Gasteiger partial charge in [-0.3, -0.25) is 0 Å². The first-order valence-electron chi connectivity index (χ1n) is 7.16. The lowest BCUT2D eigenvalue weighted by Gasteiger charge is -2.30. The SMILES string of the molecule is CC(C)(C)[C@@H](NC(=O)N1CC2CCC(O)C2C1)C(=O)O. The second-order valence-corrected chi connectivity index (χ2v) is 7.06. The van der Waals surface area contributed by atoms with Crippen LogP contribution in [0.3, 0.4) is 0 Å². The summed E-state index contributed by atoms with van der Waals surface area (Å²) in [4.78, 5) is 25.1. The highest BCUT2D eigenvalue weighted by molar-refractivity contribution is 5.83. The van der Waals surface area contributed by atoms with Gasteiger partial charge in [0.2, 0.25) is 0 Å². The van der Waals surface area contributed by atoms with Crippen molar-refractivity contribution in [2.45, 2.75) is 45.8 Å². The molecule has 1 aliphatic carbocycles. The van der Waals surface area contributed by atoms with E-state index in [4.69, 9.17) is 0 Å². The van der Waals surface area contributed by atoms with Crippen molar-refractivity contribution in [2.75, 3.05) is 13.1 Å². The Morgan fingerprint density at radius 1 is 1.25 bits per heavy atom. The number of carbonyl (C=O) groups is 2. The van der Waals surface area contributed by atoms with Gasteiger partial charge in [0.15, 0.2) is 0 Å². The molecule has 6 nitrogen and oxygen atoms in total. The Morgan fingerprint density at radius 3 is 2.40 bits per heavy atom. The van der Waals surface area contributed by atoms with Crippen LogP contribution in [0.4, 0.5) is 4.79 Å². The highest BCUT2D eigenvalue weighted by Gasteiger charge is 2.44. The van der Waals surface area contributed by atoms with Crippen LogP contribution in [-0.4, -0.2) is 52.3 Å². The number of carboxylic acids is 1. The molecule has 0 aromatic rings. The average molecular weight is 284 g/mol. The first-order chi connectivity index (χ1) is 9.20. The number of hydrogen-bond acceptors (Lipinski definition) is 3. The lowest BCUT2D eigenvalue weighted by atomic mass is 9.87. The number of carbonyl (C=O) groups excluding carboxylic acids is 1. The molecule has 2 rings (SSSR count). The zero-order valence-electron chi connectivity index (χ0n) is 12.3. The molecule has 4 atom stereocenters. The number of nitrogens with one attached hydrogen (secondary N) is 1. The van der Waals surface area contributed by atoms with E-state index in [-0.39, 0.29) is 18.1 Å². The van der Waals surface area contributed by atoms with Gasteiger partial charge in [-0.05, 0) is 24.2 Å². The molecule has 20 heavy (non-hydrogen) atoms. The minimum Gasteiger partial charge on any atom is -0.480 e. The van der Waals surface area contributed by atoms with Crippen molar-refractivity contribution in [3.63, 3.8) is 0 Å². The van der Waals surface area contributed by atoms with Crippen molar-refractivity contribution in [1.29, 1.82) is 0 Å². The zero-order valence-corrected chi connectivity index (χ0v) is 12.3. The highest BCUT2D eigenvalue weighted by Crippen LogP contribution is 2.38. The molecule has 0 radical (unpaired) electrons. The van der Waals surface area contributed by atoms with Crippen LogP contribution >= 0.6 is 0 Å². The summed E-state index contributed by atoms with van der Waals surface area (Å²) in [6, 6.07) is -1.26. The fourth-order valence-electron chi connectivity index (χ4n) is 3.27. The maximum absolute atomic E-state index is 12.2. The number of aliphatic hydroxyl groups excluding tert-OH is 1. The molecule has 114 valence electrons. The fourth-order valence-corrected chi connectivity index (χ4v) is 3.27. The number of amides is 2. The second-order valence-electron chi connectivity index (χ2n) is 7.06. The summed E-state index contributed by atoms with van der Waals surface area (Å²) in [7, 11) is 0. The largest absolute Gasteiger partial charge is 0.480 e. The number of fused-ring (bicyclic) bond motifs is 1. The first-order valence-corrected chi connectivity index (χ1v) is 7.16. The summed E-state index contributed by atoms with van der Waals surface area (Å²) in [5.41, 5.74) is -0.545. The van der Waals surface area contributed by atoms with Gasteiger partial charge in [-0.15, -0.1) is 0 Å². The molecule has 0 bridgehead atoms. The molecule has 1 saturated carbocycles. The van der Waals surface area contributed by atoms with Crippen LogP contribution in [0, 0.1) is 17.3 Å². The minimum atomic E-state index is -1.02. The number of rotatable bonds is 2. The number of aliphatic carboxylic acids is 1. The van der Waals surface area contributed by atoms with Crippen molar-refractivity contribution in [3.8, 4) is 0 Å². The number of hydrogen-bond donors (Lipinski definition) is 3. The normalized spacial score (nSPS) is 31.0. The summed E-state index contributed by atoms with van der Waals surface area (Å²) in [6.45, 7) is 6.50. The highest BCUT2D eigenvalue weighted by atomic mass is 16.4. The Labute approximate surface area is 119 Å². The molecule has 2 amide bonds. The van der Waals surface area contributed by atoms with Gasteiger partial charge in [0.25, 0.3) is 0 Å². The predicted octanol–water partition coefficient (Wildman–Crippen LogP) is 0.898. The van der Waals surface area contributed by atoms with Crippen molar-refractivity contribution < 1.29 is 19.8 Å². The van der Waals surface area contributed by atoms with Gasteiger partial charge < -0.3 is 20.4 Å². The van der Waals surface area contributed by atoms with Crippen molar-refractivity contribution in [2.24, 2.45) is 17.3 Å². The van der Waals surface area contributed by atoms with Gasteiger partial charge in [-0.25, -0.2) is 9.59 Å². The molecule has 1 aliphatic heterocycles. The van der Waals surface area contributed by atoms with E-state index in [0.29, 0.717) is 19.0 Å². The summed E-state index contributed by atoms with van der Waals surface area (Å²) in [5.74, 6) is -0.516. The van der Waals surface area contributed by atoms with Crippen molar-refractivity contribution in [3.05, 3.63) is 0 Å². The van der Waals surface area contributed by atoms with E-state index in [1.54, 1.807) is 25.7 Å². The third-order valence-electron chi connectivity index (χ3n) is 4.49. The van der Waals surface area contributed by atoms with E-state index in [9.17, 15) is 19.8 Å². The summed E-state index contributed by atoms with van der Waals surface area (Å²) < 4.78 is 0. The molecular weight excluding hydrogens is 260 g/mol. The molecule has 1 heterocycles. The number of likely N-dealkylation sites (tertiary alicyclic amines) is 1. The number of nitrogens with zero attached hydrogens (tertiary/aromatic N) is 1. The Bertz CT molecular complexity index is 404. The molecule has 0 spiro atoms. The van der Waals surface area contributed by atoms with Crippen LogP contribution in [0.2, 0.25) is 0 Å². The smallest absolute Gasteiger partial charge is 0.326 e. The quantitative estimate of drug-likeness (QED) is 0.702. The molecule has 1 saturated heterocycles. The summed E-state index contributed by atoms with van der Waals surface area (Å²) in [6.07, 6.45) is 1.43. The second kappa shape index (κ2) is 5.24. The van der Waals surface area contributed by atoms with Crippen LogP contribution in [-0.2, 0) is 4.79 Å². The summed E-state index contributed by atoms with van der Waals surface area (Å²) in [5, 5.41) is 21.7. The lowest BCUT2D eigenvalue weighted by Crippen LogP contribution is -2.53. The average Bonchev–Trinajstić information content (AvgIpc) is 2.86. The van der Waals surface area contributed by atoms with Gasteiger partial charge in [0, 0.05) is 19.0 Å². The third kappa shape index (κ3) is 2.90. The van der Waals surface area contributed by atoms with E-state index < -0.39 is 17.4 Å². The van der Waals surface area contributed by atoms with Crippen LogP contribution in [0.25, 0.3) is 0 Å². The lowest BCUT2D eigenvalue weighted by molar-refractivity contribution is -0.142. The molecule has 6 heteroatoms. The van der Waals surface area contributed by atoms with Crippen LogP contribution < -0.4 is 5.32 Å². The van der Waals surface area contributed by atoms with Gasteiger partial charge in [0.1, 0.15) is 6.04 Å². The van der Waals surface area contributed by atoms with E-state index in [1.165, 1.54) is 0 Å². The Morgan fingerprint density at radius 2 is 1.90 bits per heavy atom. The maximum atomic E-state index is 12.2. The van der Waals surface area contributed by atoms with Gasteiger partial charge in [-0.2, -0.15) is 0 Å². The van der Waals surface area contributed by atoms with Crippen molar-refractivity contribution in [1.82, 2.24) is 10.2 Å². The zero-order chi connectivity index (χ0) is 15.1. The molecule has 3 N–H and O–H groups in total. The van der Waals surface area contributed by atoms with E-state index in [0.717, 1.165) is 12.8 Å². The fraction of sp³-hybridized carbons (Fsp3) is 0.857. The standard InChI is InChI=1S/C14H24N2O4/c1-14(2,3)11(12(18)19)15-13(20)16-6-8-4-5-10(17)9(8)7-16/h8-11,17H,4-7H2,1-3H3,(H,15,20)(H,18,19)/t8?,9?,10?,11-/m0/s1. The van der Waals surface area contributed by atoms with Crippen LogP contribution in [0.5, 0.6) is 0 Å². The number of urea groups is 1. The van der Waals surface area contributed by atoms with Crippen LogP contribution in [0.15, 0.2) is 0 Å². The maximum Gasteiger partial charge on any atom is 0.326 e.